The number of benzene rings is 2. The zero-order valence-electron chi connectivity index (χ0n) is 14.4. The summed E-state index contributed by atoms with van der Waals surface area (Å²) in [4.78, 5) is 18.1. The molecule has 0 spiro atoms. The molecule has 1 amide bonds. The van der Waals surface area contributed by atoms with Crippen molar-refractivity contribution in [1.82, 2.24) is 15.5 Å². The van der Waals surface area contributed by atoms with E-state index in [0.717, 1.165) is 18.1 Å². The van der Waals surface area contributed by atoms with Crippen molar-refractivity contribution in [1.29, 1.82) is 0 Å². The maximum Gasteiger partial charge on any atom is 0.251 e. The van der Waals surface area contributed by atoms with Crippen LogP contribution < -0.4 is 10.6 Å². The van der Waals surface area contributed by atoms with Crippen LogP contribution in [0.3, 0.4) is 0 Å². The molecule has 5 heteroatoms. The van der Waals surface area contributed by atoms with Crippen molar-refractivity contribution in [3.63, 3.8) is 0 Å². The molecule has 5 nitrogen and oxygen atoms in total. The largest absolute Gasteiger partial charge is 0.355 e. The molecule has 24 heavy (non-hydrogen) atoms. The lowest BCUT2D eigenvalue weighted by Crippen LogP contribution is -2.38. The number of rotatable bonds is 5. The van der Waals surface area contributed by atoms with Crippen LogP contribution in [0.15, 0.2) is 59.6 Å². The summed E-state index contributed by atoms with van der Waals surface area (Å²) in [5, 5.41) is 5.97. The Kier molecular flexibility index (Phi) is 6.37. The van der Waals surface area contributed by atoms with Crippen molar-refractivity contribution in [2.24, 2.45) is 4.99 Å². The third-order valence-corrected chi connectivity index (χ3v) is 3.70. The predicted octanol–water partition coefficient (Wildman–Crippen LogP) is 2.25. The quantitative estimate of drug-likeness (QED) is 0.655. The second kappa shape index (κ2) is 8.72. The summed E-state index contributed by atoms with van der Waals surface area (Å²) >= 11 is 0. The lowest BCUT2D eigenvalue weighted by atomic mass is 10.1. The molecule has 0 aliphatic heterocycles. The Labute approximate surface area is 143 Å². The van der Waals surface area contributed by atoms with Gasteiger partial charge < -0.3 is 15.5 Å². The molecule has 0 bridgehead atoms. The van der Waals surface area contributed by atoms with Gasteiger partial charge in [-0.2, -0.15) is 0 Å². The Morgan fingerprint density at radius 2 is 1.79 bits per heavy atom. The molecule has 0 aliphatic rings. The molecule has 0 aromatic heterocycles. The van der Waals surface area contributed by atoms with Crippen LogP contribution in [-0.2, 0) is 13.1 Å². The van der Waals surface area contributed by atoms with E-state index in [4.69, 9.17) is 0 Å². The summed E-state index contributed by atoms with van der Waals surface area (Å²) < 4.78 is 0. The van der Waals surface area contributed by atoms with Gasteiger partial charge in [-0.1, -0.05) is 42.5 Å². The van der Waals surface area contributed by atoms with E-state index in [9.17, 15) is 4.79 Å². The van der Waals surface area contributed by atoms with Crippen LogP contribution in [0.2, 0.25) is 0 Å². The number of amides is 1. The third kappa shape index (κ3) is 4.84. The highest BCUT2D eigenvalue weighted by molar-refractivity contribution is 5.94. The average Bonchev–Trinajstić information content (AvgIpc) is 2.62. The molecular formula is C19H24N4O. The highest BCUT2D eigenvalue weighted by Gasteiger charge is 2.08. The smallest absolute Gasteiger partial charge is 0.251 e. The molecule has 0 saturated carbocycles. The zero-order chi connectivity index (χ0) is 17.4. The van der Waals surface area contributed by atoms with Crippen LogP contribution in [0.1, 0.15) is 21.5 Å². The highest BCUT2D eigenvalue weighted by Crippen LogP contribution is 2.06. The van der Waals surface area contributed by atoms with Gasteiger partial charge in [0.25, 0.3) is 5.91 Å². The molecule has 0 unspecified atom stereocenters. The number of nitrogens with zero attached hydrogens (tertiary/aromatic N) is 2. The van der Waals surface area contributed by atoms with Crippen LogP contribution in [-0.4, -0.2) is 37.9 Å². The van der Waals surface area contributed by atoms with Crippen molar-refractivity contribution >= 4 is 11.9 Å². The molecule has 0 fully saturated rings. The second-order valence-corrected chi connectivity index (χ2v) is 5.52. The molecule has 2 aromatic rings. The first-order valence-corrected chi connectivity index (χ1v) is 7.90. The van der Waals surface area contributed by atoms with Crippen molar-refractivity contribution in [3.8, 4) is 0 Å². The first-order chi connectivity index (χ1) is 11.6. The minimum atomic E-state index is -0.0811. The van der Waals surface area contributed by atoms with Gasteiger partial charge in [-0.25, -0.2) is 0 Å². The molecular weight excluding hydrogens is 300 g/mol. The van der Waals surface area contributed by atoms with Gasteiger partial charge in [-0.05, 0) is 23.3 Å². The van der Waals surface area contributed by atoms with Crippen molar-refractivity contribution < 1.29 is 4.79 Å². The Bertz CT molecular complexity index is 698. The number of guanidine groups is 1. The molecule has 0 aliphatic carbocycles. The number of nitrogens with one attached hydrogen (secondary N) is 2. The first kappa shape index (κ1) is 17.5. The van der Waals surface area contributed by atoms with E-state index in [0.29, 0.717) is 12.1 Å². The Balaban J connectivity index is 1.97. The minimum Gasteiger partial charge on any atom is -0.355 e. The molecule has 126 valence electrons. The highest BCUT2D eigenvalue weighted by atomic mass is 16.1. The van der Waals surface area contributed by atoms with Crippen LogP contribution >= 0.6 is 0 Å². The molecule has 2 rings (SSSR count). The Morgan fingerprint density at radius 1 is 1.08 bits per heavy atom. The normalized spacial score (nSPS) is 11.0. The van der Waals surface area contributed by atoms with E-state index < -0.39 is 0 Å². The lowest BCUT2D eigenvalue weighted by molar-refractivity contribution is 0.0963. The summed E-state index contributed by atoms with van der Waals surface area (Å²) in [6.45, 7) is 1.38. The fraction of sp³-hybridized carbons (Fsp3) is 0.263. The van der Waals surface area contributed by atoms with Gasteiger partial charge in [0.15, 0.2) is 5.96 Å². The van der Waals surface area contributed by atoms with Gasteiger partial charge in [0.1, 0.15) is 0 Å². The standard InChI is InChI=1S/C19H24N4O/c1-20-18(24)17-11-7-10-16(12-17)13-22-19(21-2)23(3)14-15-8-5-4-6-9-15/h4-12H,13-14H2,1-3H3,(H,20,24)(H,21,22). The van der Waals surface area contributed by atoms with E-state index in [2.05, 4.69) is 32.7 Å². The molecule has 0 atom stereocenters. The summed E-state index contributed by atoms with van der Waals surface area (Å²) in [5.41, 5.74) is 2.92. The Morgan fingerprint density at radius 3 is 2.46 bits per heavy atom. The van der Waals surface area contributed by atoms with E-state index in [1.165, 1.54) is 5.56 Å². The second-order valence-electron chi connectivity index (χ2n) is 5.52. The summed E-state index contributed by atoms with van der Waals surface area (Å²) in [6, 6.07) is 17.8. The minimum absolute atomic E-state index is 0.0811. The molecule has 2 N–H and O–H groups in total. The SMILES string of the molecule is CN=C(NCc1cccc(C(=O)NC)c1)N(C)Cc1ccccc1. The Hall–Kier alpha value is -2.82. The molecule has 0 saturated heterocycles. The fourth-order valence-corrected chi connectivity index (χ4v) is 2.46. The lowest BCUT2D eigenvalue weighted by Gasteiger charge is -2.22. The average molecular weight is 324 g/mol. The first-order valence-electron chi connectivity index (χ1n) is 7.90. The number of aliphatic imine (C=N–C) groups is 1. The zero-order valence-corrected chi connectivity index (χ0v) is 14.4. The number of hydrogen-bond donors (Lipinski definition) is 2. The predicted molar refractivity (Wildman–Crippen MR) is 97.9 cm³/mol. The van der Waals surface area contributed by atoms with E-state index in [1.54, 1.807) is 20.2 Å². The van der Waals surface area contributed by atoms with E-state index in [1.807, 2.05) is 43.4 Å². The van der Waals surface area contributed by atoms with Gasteiger partial charge in [-0.15, -0.1) is 0 Å². The van der Waals surface area contributed by atoms with Gasteiger partial charge in [0.05, 0.1) is 0 Å². The van der Waals surface area contributed by atoms with Crippen molar-refractivity contribution in [2.45, 2.75) is 13.1 Å². The van der Waals surface area contributed by atoms with E-state index in [-0.39, 0.29) is 5.91 Å². The topological polar surface area (TPSA) is 56.7 Å². The van der Waals surface area contributed by atoms with Gasteiger partial charge >= 0.3 is 0 Å². The number of carbonyl (C=O) groups excluding carboxylic acids is 1. The number of hydrogen-bond acceptors (Lipinski definition) is 2. The monoisotopic (exact) mass is 324 g/mol. The van der Waals surface area contributed by atoms with Gasteiger partial charge in [-0.3, -0.25) is 9.79 Å². The van der Waals surface area contributed by atoms with Crippen molar-refractivity contribution in [2.75, 3.05) is 21.1 Å². The van der Waals surface area contributed by atoms with Crippen molar-refractivity contribution in [3.05, 3.63) is 71.3 Å². The van der Waals surface area contributed by atoms with Crippen LogP contribution in [0, 0.1) is 0 Å². The molecule has 0 radical (unpaired) electrons. The van der Waals surface area contributed by atoms with Gasteiger partial charge in [0.2, 0.25) is 0 Å². The summed E-state index contributed by atoms with van der Waals surface area (Å²) in [5.74, 6) is 0.728. The maximum atomic E-state index is 11.7. The van der Waals surface area contributed by atoms with Crippen LogP contribution in [0.25, 0.3) is 0 Å². The molecule has 2 aromatic carbocycles. The van der Waals surface area contributed by atoms with Crippen LogP contribution in [0.4, 0.5) is 0 Å². The number of carbonyl (C=O) groups is 1. The maximum absolute atomic E-state index is 11.7. The van der Waals surface area contributed by atoms with Crippen LogP contribution in [0.5, 0.6) is 0 Å². The third-order valence-electron chi connectivity index (χ3n) is 3.70. The van der Waals surface area contributed by atoms with Gasteiger partial charge in [0, 0.05) is 39.8 Å². The van der Waals surface area contributed by atoms with E-state index >= 15 is 0 Å². The molecule has 0 heterocycles. The summed E-state index contributed by atoms with van der Waals surface area (Å²) in [7, 11) is 5.40. The summed E-state index contributed by atoms with van der Waals surface area (Å²) in [6.07, 6.45) is 0. The fourth-order valence-electron chi connectivity index (χ4n) is 2.46.